The van der Waals surface area contributed by atoms with Crippen LogP contribution in [0.3, 0.4) is 0 Å². The van der Waals surface area contributed by atoms with Crippen LogP contribution in [0.2, 0.25) is 10.0 Å². The number of aromatic nitrogens is 2. The molecule has 0 aliphatic rings. The second-order valence-electron chi connectivity index (χ2n) is 5.01. The minimum atomic E-state index is -1.14. The third-order valence-electron chi connectivity index (χ3n) is 3.03. The van der Waals surface area contributed by atoms with E-state index < -0.39 is 12.6 Å². The lowest BCUT2D eigenvalue weighted by atomic mass is 10.1. The van der Waals surface area contributed by atoms with Crippen LogP contribution in [0.25, 0.3) is 0 Å². The Labute approximate surface area is 142 Å². The SMILES string of the molecule is CC(C)n1nccc1C(=O)c1ccc(OCC(=O)O)c(Cl)c1Cl. The number of rotatable bonds is 6. The third kappa shape index (κ3) is 3.65. The Bertz CT molecular complexity index is 756. The van der Waals surface area contributed by atoms with Gasteiger partial charge in [-0.1, -0.05) is 23.2 Å². The second kappa shape index (κ2) is 7.02. The van der Waals surface area contributed by atoms with Crippen LogP contribution < -0.4 is 4.74 Å². The average Bonchev–Trinajstić information content (AvgIpc) is 2.97. The Balaban J connectivity index is 2.37. The van der Waals surface area contributed by atoms with Crippen LogP contribution in [0.4, 0.5) is 0 Å². The lowest BCUT2D eigenvalue weighted by Gasteiger charge is -2.13. The second-order valence-corrected chi connectivity index (χ2v) is 5.76. The largest absolute Gasteiger partial charge is 0.480 e. The summed E-state index contributed by atoms with van der Waals surface area (Å²) in [5.74, 6) is -1.36. The Kier molecular flexibility index (Phi) is 5.28. The van der Waals surface area contributed by atoms with Gasteiger partial charge in [0.2, 0.25) is 5.78 Å². The Morgan fingerprint density at radius 2 is 1.96 bits per heavy atom. The number of carboxylic acid groups (broad SMARTS) is 1. The van der Waals surface area contributed by atoms with E-state index >= 15 is 0 Å². The van der Waals surface area contributed by atoms with Gasteiger partial charge in [-0.2, -0.15) is 5.10 Å². The first-order chi connectivity index (χ1) is 10.8. The number of hydrogen-bond acceptors (Lipinski definition) is 4. The smallest absolute Gasteiger partial charge is 0.341 e. The van der Waals surface area contributed by atoms with Gasteiger partial charge in [-0.3, -0.25) is 9.48 Å². The van der Waals surface area contributed by atoms with Gasteiger partial charge in [-0.25, -0.2) is 4.79 Å². The molecule has 0 atom stereocenters. The molecule has 0 spiro atoms. The van der Waals surface area contributed by atoms with E-state index in [0.29, 0.717) is 5.69 Å². The topological polar surface area (TPSA) is 81.4 Å². The van der Waals surface area contributed by atoms with E-state index in [1.807, 2.05) is 13.8 Å². The summed E-state index contributed by atoms with van der Waals surface area (Å²) in [6, 6.07) is 4.48. The molecule has 0 aliphatic heterocycles. The number of halogens is 2. The quantitative estimate of drug-likeness (QED) is 0.801. The highest BCUT2D eigenvalue weighted by atomic mass is 35.5. The molecule has 2 rings (SSSR count). The molecule has 1 aromatic heterocycles. The van der Waals surface area contributed by atoms with Gasteiger partial charge in [-0.05, 0) is 32.0 Å². The predicted octanol–water partition coefficient (Wildman–Crippen LogP) is 3.47. The van der Waals surface area contributed by atoms with Crippen molar-refractivity contribution in [1.29, 1.82) is 0 Å². The summed E-state index contributed by atoms with van der Waals surface area (Å²) in [5.41, 5.74) is 0.582. The maximum absolute atomic E-state index is 12.6. The molecule has 122 valence electrons. The van der Waals surface area contributed by atoms with Gasteiger partial charge in [0.25, 0.3) is 0 Å². The first kappa shape index (κ1) is 17.3. The van der Waals surface area contributed by atoms with Gasteiger partial charge >= 0.3 is 5.97 Å². The fraction of sp³-hybridized carbons (Fsp3) is 0.267. The average molecular weight is 357 g/mol. The van der Waals surface area contributed by atoms with Gasteiger partial charge in [0.05, 0.1) is 5.02 Å². The van der Waals surface area contributed by atoms with Crippen molar-refractivity contribution in [2.24, 2.45) is 0 Å². The van der Waals surface area contributed by atoms with E-state index in [4.69, 9.17) is 33.0 Å². The molecule has 0 amide bonds. The maximum Gasteiger partial charge on any atom is 0.341 e. The molecular formula is C15H14Cl2N2O4. The van der Waals surface area contributed by atoms with Crippen molar-refractivity contribution in [2.45, 2.75) is 19.9 Å². The van der Waals surface area contributed by atoms with Crippen LogP contribution in [-0.2, 0) is 4.79 Å². The van der Waals surface area contributed by atoms with E-state index in [-0.39, 0.29) is 33.2 Å². The monoisotopic (exact) mass is 356 g/mol. The highest BCUT2D eigenvalue weighted by Crippen LogP contribution is 2.35. The first-order valence-electron chi connectivity index (χ1n) is 6.73. The summed E-state index contributed by atoms with van der Waals surface area (Å²) in [7, 11) is 0. The molecule has 1 N–H and O–H groups in total. The normalized spacial score (nSPS) is 10.8. The fourth-order valence-electron chi connectivity index (χ4n) is 2.00. The van der Waals surface area contributed by atoms with Crippen LogP contribution in [0.15, 0.2) is 24.4 Å². The number of ketones is 1. The summed E-state index contributed by atoms with van der Waals surface area (Å²) in [6.07, 6.45) is 1.53. The van der Waals surface area contributed by atoms with Gasteiger partial charge < -0.3 is 9.84 Å². The number of carbonyl (C=O) groups is 2. The standard InChI is InChI=1S/C15H14Cl2N2O4/c1-8(2)19-10(5-6-18-19)15(22)9-3-4-11(14(17)13(9)16)23-7-12(20)21/h3-6,8H,7H2,1-2H3,(H,20,21). The van der Waals surface area contributed by atoms with E-state index in [1.54, 1.807) is 10.7 Å². The molecule has 0 unspecified atom stereocenters. The molecule has 0 fully saturated rings. The zero-order valence-corrected chi connectivity index (χ0v) is 13.9. The Morgan fingerprint density at radius 1 is 1.26 bits per heavy atom. The predicted molar refractivity (Wildman–Crippen MR) is 85.6 cm³/mol. The van der Waals surface area contributed by atoms with E-state index in [9.17, 15) is 9.59 Å². The Morgan fingerprint density at radius 3 is 2.57 bits per heavy atom. The summed E-state index contributed by atoms with van der Waals surface area (Å²) >= 11 is 12.2. The molecule has 0 saturated heterocycles. The van der Waals surface area contributed by atoms with Gasteiger partial charge in [-0.15, -0.1) is 0 Å². The molecule has 8 heteroatoms. The fourth-order valence-corrected chi connectivity index (χ4v) is 2.46. The molecule has 0 radical (unpaired) electrons. The summed E-state index contributed by atoms with van der Waals surface area (Å²) < 4.78 is 6.61. The first-order valence-corrected chi connectivity index (χ1v) is 7.49. The minimum Gasteiger partial charge on any atom is -0.480 e. The maximum atomic E-state index is 12.6. The zero-order valence-electron chi connectivity index (χ0n) is 12.4. The van der Waals surface area contributed by atoms with Gasteiger partial charge in [0.15, 0.2) is 6.61 Å². The lowest BCUT2D eigenvalue weighted by molar-refractivity contribution is -0.139. The number of hydrogen-bond donors (Lipinski definition) is 1. The van der Waals surface area contributed by atoms with E-state index in [2.05, 4.69) is 5.10 Å². The zero-order chi connectivity index (χ0) is 17.1. The number of aliphatic carboxylic acids is 1. The molecule has 6 nitrogen and oxygen atoms in total. The molecule has 0 saturated carbocycles. The molecular weight excluding hydrogens is 343 g/mol. The molecule has 2 aromatic rings. The van der Waals surface area contributed by atoms with Crippen molar-refractivity contribution in [3.8, 4) is 5.75 Å². The van der Waals surface area contributed by atoms with Crippen LogP contribution in [0.5, 0.6) is 5.75 Å². The third-order valence-corrected chi connectivity index (χ3v) is 3.90. The molecule has 1 aromatic carbocycles. The van der Waals surface area contributed by atoms with Crippen LogP contribution in [-0.4, -0.2) is 33.2 Å². The molecule has 0 aliphatic carbocycles. The van der Waals surface area contributed by atoms with E-state index in [1.165, 1.54) is 18.3 Å². The molecule has 0 bridgehead atoms. The number of carboxylic acids is 1. The summed E-state index contributed by atoms with van der Waals surface area (Å²) in [6.45, 7) is 3.26. The van der Waals surface area contributed by atoms with Crippen LogP contribution in [0.1, 0.15) is 35.9 Å². The highest BCUT2D eigenvalue weighted by molar-refractivity contribution is 6.45. The van der Waals surface area contributed by atoms with Crippen molar-refractivity contribution < 1.29 is 19.4 Å². The van der Waals surface area contributed by atoms with Gasteiger partial charge in [0.1, 0.15) is 16.5 Å². The minimum absolute atomic E-state index is 0.00520. The summed E-state index contributed by atoms with van der Waals surface area (Å²) in [5, 5.41) is 12.7. The van der Waals surface area contributed by atoms with Crippen molar-refractivity contribution in [1.82, 2.24) is 9.78 Å². The van der Waals surface area contributed by atoms with Crippen LogP contribution in [0, 0.1) is 0 Å². The van der Waals surface area contributed by atoms with Crippen LogP contribution >= 0.6 is 23.2 Å². The molecule has 23 heavy (non-hydrogen) atoms. The van der Waals surface area contributed by atoms with Gasteiger partial charge in [0, 0.05) is 17.8 Å². The van der Waals surface area contributed by atoms with E-state index in [0.717, 1.165) is 0 Å². The number of ether oxygens (including phenoxy) is 1. The van der Waals surface area contributed by atoms with Crippen molar-refractivity contribution in [3.05, 3.63) is 45.7 Å². The number of nitrogens with zero attached hydrogens (tertiary/aromatic N) is 2. The van der Waals surface area contributed by atoms with Crippen molar-refractivity contribution in [3.63, 3.8) is 0 Å². The summed E-state index contributed by atoms with van der Waals surface area (Å²) in [4.78, 5) is 23.2. The highest BCUT2D eigenvalue weighted by Gasteiger charge is 2.21. The lowest BCUT2D eigenvalue weighted by Crippen LogP contribution is -2.14. The number of carbonyl (C=O) groups excluding carboxylic acids is 1. The molecule has 1 heterocycles. The number of benzene rings is 1. The van der Waals surface area contributed by atoms with Crippen molar-refractivity contribution >= 4 is 35.0 Å². The Hall–Kier alpha value is -2.05. The van der Waals surface area contributed by atoms with Crippen molar-refractivity contribution in [2.75, 3.05) is 6.61 Å².